The first kappa shape index (κ1) is 13.8. The van der Waals surface area contributed by atoms with Gasteiger partial charge in [-0.25, -0.2) is 14.1 Å². The topological polar surface area (TPSA) is 58.1 Å². The van der Waals surface area contributed by atoms with Crippen LogP contribution in [-0.4, -0.2) is 28.7 Å². The van der Waals surface area contributed by atoms with Gasteiger partial charge >= 0.3 is 12.2 Å². The largest absolute Gasteiger partial charge is 0.405 e. The molecule has 0 fully saturated rings. The van der Waals surface area contributed by atoms with Crippen LogP contribution in [0.3, 0.4) is 0 Å². The second-order valence-corrected chi connectivity index (χ2v) is 3.57. The van der Waals surface area contributed by atoms with Gasteiger partial charge in [0.1, 0.15) is 11.7 Å². The molecule has 0 aliphatic heterocycles. The van der Waals surface area contributed by atoms with E-state index in [-0.39, 0.29) is 11.0 Å². The molecule has 1 aromatic rings. The maximum atomic E-state index is 11.8. The number of nitrogens with one attached hydrogen (secondary N) is 1. The third-order valence-electron chi connectivity index (χ3n) is 1.44. The zero-order valence-electron chi connectivity index (χ0n) is 8.07. The first-order valence-corrected chi connectivity index (χ1v) is 4.88. The molecule has 0 aromatic carbocycles. The van der Waals surface area contributed by atoms with E-state index in [9.17, 15) is 18.0 Å². The van der Waals surface area contributed by atoms with Crippen molar-refractivity contribution < 1.29 is 18.0 Å². The number of thiol groups is 1. The van der Waals surface area contributed by atoms with E-state index < -0.39 is 18.8 Å². The molecule has 10 heteroatoms. The number of hydrogen-bond acceptors (Lipinski definition) is 4. The van der Waals surface area contributed by atoms with Gasteiger partial charge < -0.3 is 5.32 Å². The van der Waals surface area contributed by atoms with Gasteiger partial charge in [-0.3, -0.25) is 4.98 Å². The number of urea groups is 1. The van der Waals surface area contributed by atoms with E-state index in [1.165, 1.54) is 6.20 Å². The van der Waals surface area contributed by atoms with Gasteiger partial charge in [-0.15, -0.1) is 0 Å². The third kappa shape index (κ3) is 4.65. The van der Waals surface area contributed by atoms with E-state index in [4.69, 9.17) is 11.6 Å². The maximum Gasteiger partial charge on any atom is 0.405 e. The molecule has 1 N–H and O–H groups in total. The van der Waals surface area contributed by atoms with Crippen molar-refractivity contribution >= 4 is 36.3 Å². The molecule has 94 valence electrons. The fourth-order valence-corrected chi connectivity index (χ4v) is 1.10. The van der Waals surface area contributed by atoms with Crippen molar-refractivity contribution in [3.8, 4) is 0 Å². The van der Waals surface area contributed by atoms with Crippen LogP contribution in [0.4, 0.5) is 23.8 Å². The van der Waals surface area contributed by atoms with Crippen molar-refractivity contribution in [2.75, 3.05) is 10.8 Å². The summed E-state index contributed by atoms with van der Waals surface area (Å²) in [5.41, 5.74) is 0. The summed E-state index contributed by atoms with van der Waals surface area (Å²) in [4.78, 5) is 18.5. The number of hydrogen-bond donors (Lipinski definition) is 2. The van der Waals surface area contributed by atoms with Crippen LogP contribution in [0.5, 0.6) is 0 Å². The van der Waals surface area contributed by atoms with Crippen LogP contribution in [-0.2, 0) is 0 Å². The normalized spacial score (nSPS) is 11.1. The predicted octanol–water partition coefficient (Wildman–Crippen LogP) is 2.05. The van der Waals surface area contributed by atoms with Gasteiger partial charge in [-0.2, -0.15) is 13.2 Å². The Morgan fingerprint density at radius 2 is 2.18 bits per heavy atom. The molecule has 0 saturated carbocycles. The minimum absolute atomic E-state index is 0.00910. The maximum absolute atomic E-state index is 11.8. The lowest BCUT2D eigenvalue weighted by molar-refractivity contribution is -0.122. The summed E-state index contributed by atoms with van der Waals surface area (Å²) >= 11 is 9.18. The summed E-state index contributed by atoms with van der Waals surface area (Å²) in [5, 5.41) is 1.61. The Hall–Kier alpha value is -1.22. The quantitative estimate of drug-likeness (QED) is 0.818. The summed E-state index contributed by atoms with van der Waals surface area (Å²) < 4.78 is 36.1. The van der Waals surface area contributed by atoms with E-state index in [1.54, 1.807) is 5.32 Å². The smallest absolute Gasteiger partial charge is 0.328 e. The minimum Gasteiger partial charge on any atom is -0.328 e. The molecule has 0 atom stereocenters. The number of amides is 2. The van der Waals surface area contributed by atoms with Crippen LogP contribution in [0.2, 0.25) is 5.15 Å². The molecule has 0 bridgehead atoms. The van der Waals surface area contributed by atoms with Gasteiger partial charge in [0, 0.05) is 0 Å². The Labute approximate surface area is 105 Å². The van der Waals surface area contributed by atoms with Crippen LogP contribution < -0.4 is 9.62 Å². The minimum atomic E-state index is -4.50. The van der Waals surface area contributed by atoms with Gasteiger partial charge in [0.15, 0.2) is 5.82 Å². The number of halogens is 4. The Morgan fingerprint density at radius 3 is 2.71 bits per heavy atom. The second-order valence-electron chi connectivity index (χ2n) is 2.79. The van der Waals surface area contributed by atoms with Crippen molar-refractivity contribution in [1.82, 2.24) is 15.3 Å². The molecule has 2 amide bonds. The molecule has 1 rings (SSSR count). The molecule has 0 saturated heterocycles. The molecule has 0 radical (unpaired) electrons. The van der Waals surface area contributed by atoms with E-state index in [1.807, 2.05) is 0 Å². The van der Waals surface area contributed by atoms with Crippen molar-refractivity contribution in [1.29, 1.82) is 0 Å². The first-order chi connectivity index (χ1) is 7.79. The molecule has 1 aromatic heterocycles. The van der Waals surface area contributed by atoms with Crippen molar-refractivity contribution in [3.05, 3.63) is 17.5 Å². The third-order valence-corrected chi connectivity index (χ3v) is 2.01. The standard InChI is InChI=1S/C7H6ClF3N4OS/c8-4-1-12-2-5(14-4)15(17)6(16)13-3-7(9,10)11/h1-2,17H,3H2,(H,13,16). The van der Waals surface area contributed by atoms with Crippen LogP contribution in [0.25, 0.3) is 0 Å². The number of aromatic nitrogens is 2. The van der Waals surface area contributed by atoms with Gasteiger partial charge in [0.2, 0.25) is 0 Å². The molecule has 0 spiro atoms. The van der Waals surface area contributed by atoms with Crippen molar-refractivity contribution in [2.45, 2.75) is 6.18 Å². The molecule has 0 unspecified atom stereocenters. The fraction of sp³-hybridized carbons (Fsp3) is 0.286. The average molecular weight is 287 g/mol. The summed E-state index contributed by atoms with van der Waals surface area (Å²) in [6.07, 6.45) is -2.16. The lowest BCUT2D eigenvalue weighted by Crippen LogP contribution is -2.40. The van der Waals surface area contributed by atoms with E-state index in [2.05, 4.69) is 22.8 Å². The lowest BCUT2D eigenvalue weighted by Gasteiger charge is -2.15. The van der Waals surface area contributed by atoms with E-state index in [0.29, 0.717) is 4.31 Å². The highest BCUT2D eigenvalue weighted by Gasteiger charge is 2.28. The van der Waals surface area contributed by atoms with Crippen LogP contribution in [0.15, 0.2) is 12.4 Å². The second kappa shape index (κ2) is 5.41. The van der Waals surface area contributed by atoms with Crippen molar-refractivity contribution in [3.63, 3.8) is 0 Å². The zero-order valence-corrected chi connectivity index (χ0v) is 9.72. The average Bonchev–Trinajstić information content (AvgIpc) is 2.24. The Bertz CT molecular complexity index is 416. The summed E-state index contributed by atoms with van der Waals surface area (Å²) in [6.45, 7) is -1.46. The number of carbonyl (C=O) groups excluding carboxylic acids is 1. The number of nitrogens with zero attached hydrogens (tertiary/aromatic N) is 3. The molecule has 5 nitrogen and oxygen atoms in total. The van der Waals surface area contributed by atoms with E-state index in [0.717, 1.165) is 6.20 Å². The molecular formula is C7H6ClF3N4OS. The highest BCUT2D eigenvalue weighted by molar-refractivity contribution is 7.82. The fourth-order valence-electron chi connectivity index (χ4n) is 0.789. The van der Waals surface area contributed by atoms with Crippen LogP contribution in [0, 0.1) is 0 Å². The predicted molar refractivity (Wildman–Crippen MR) is 58.0 cm³/mol. The van der Waals surface area contributed by atoms with Gasteiger partial charge in [0.05, 0.1) is 12.4 Å². The molecular weight excluding hydrogens is 281 g/mol. The molecule has 0 aliphatic carbocycles. The lowest BCUT2D eigenvalue weighted by atomic mass is 10.6. The molecule has 1 heterocycles. The Morgan fingerprint density at radius 1 is 1.53 bits per heavy atom. The summed E-state index contributed by atoms with van der Waals surface area (Å²) in [7, 11) is 0. The SMILES string of the molecule is O=C(NCC(F)(F)F)N(S)c1cncc(Cl)n1. The van der Waals surface area contributed by atoms with Gasteiger partial charge in [-0.1, -0.05) is 24.4 Å². The van der Waals surface area contributed by atoms with Crippen LogP contribution >= 0.6 is 24.4 Å². The summed E-state index contributed by atoms with van der Waals surface area (Å²) in [6, 6.07) is -1.08. The number of alkyl halides is 3. The van der Waals surface area contributed by atoms with Gasteiger partial charge in [-0.05, 0) is 0 Å². The van der Waals surface area contributed by atoms with Crippen LogP contribution in [0.1, 0.15) is 0 Å². The molecule has 17 heavy (non-hydrogen) atoms. The molecule has 0 aliphatic rings. The number of anilines is 1. The Kier molecular flexibility index (Phi) is 4.40. The van der Waals surface area contributed by atoms with Crippen molar-refractivity contribution in [2.24, 2.45) is 0 Å². The Balaban J connectivity index is 2.64. The number of rotatable bonds is 2. The summed E-state index contributed by atoms with van der Waals surface area (Å²) in [5.74, 6) is -0.0829. The monoisotopic (exact) mass is 286 g/mol. The first-order valence-electron chi connectivity index (χ1n) is 4.11. The zero-order chi connectivity index (χ0) is 13.1. The van der Waals surface area contributed by atoms with E-state index >= 15 is 0 Å². The van der Waals surface area contributed by atoms with Gasteiger partial charge in [0.25, 0.3) is 0 Å². The highest BCUT2D eigenvalue weighted by atomic mass is 35.5. The number of carbonyl (C=O) groups is 1. The highest BCUT2D eigenvalue weighted by Crippen LogP contribution is 2.16.